The van der Waals surface area contributed by atoms with E-state index < -0.39 is 24.0 Å². The highest BCUT2D eigenvalue weighted by Crippen LogP contribution is 2.38. The van der Waals surface area contributed by atoms with Gasteiger partial charge in [-0.25, -0.2) is 0 Å². The Balaban J connectivity index is 1.93. The van der Waals surface area contributed by atoms with Crippen molar-refractivity contribution < 1.29 is 15.0 Å². The molecular weight excluding hydrogens is 230 g/mol. The highest BCUT2D eigenvalue weighted by Gasteiger charge is 2.42. The van der Waals surface area contributed by atoms with Crippen LogP contribution in [0.1, 0.15) is 18.4 Å². The van der Waals surface area contributed by atoms with Gasteiger partial charge in [-0.1, -0.05) is 30.3 Å². The molecule has 1 fully saturated rings. The Hall–Kier alpha value is -1.39. The van der Waals surface area contributed by atoms with E-state index in [4.69, 9.17) is 10.8 Å². The van der Waals surface area contributed by atoms with Crippen LogP contribution in [0, 0.1) is 11.8 Å². The van der Waals surface area contributed by atoms with Gasteiger partial charge in [0.15, 0.2) is 0 Å². The van der Waals surface area contributed by atoms with Crippen molar-refractivity contribution in [2.75, 3.05) is 0 Å². The Bertz CT molecular complexity index is 407. The van der Waals surface area contributed by atoms with Crippen molar-refractivity contribution in [1.29, 1.82) is 0 Å². The number of hydrogen-bond acceptors (Lipinski definition) is 3. The minimum atomic E-state index is -0.822. The second-order valence-electron chi connectivity index (χ2n) is 5.03. The number of carboxylic acid groups (broad SMARTS) is 1. The number of aliphatic hydroxyl groups excluding tert-OH is 1. The van der Waals surface area contributed by atoms with Crippen LogP contribution in [0.2, 0.25) is 0 Å². The highest BCUT2D eigenvalue weighted by atomic mass is 16.4. The van der Waals surface area contributed by atoms with E-state index in [-0.39, 0.29) is 5.92 Å². The first-order valence-electron chi connectivity index (χ1n) is 6.30. The van der Waals surface area contributed by atoms with Crippen molar-refractivity contribution in [3.8, 4) is 0 Å². The lowest BCUT2D eigenvalue weighted by Gasteiger charge is -2.39. The summed E-state index contributed by atoms with van der Waals surface area (Å²) in [7, 11) is 0. The zero-order chi connectivity index (χ0) is 13.1. The van der Waals surface area contributed by atoms with Gasteiger partial charge < -0.3 is 15.9 Å². The van der Waals surface area contributed by atoms with Crippen LogP contribution in [0.5, 0.6) is 0 Å². The first-order chi connectivity index (χ1) is 8.59. The molecule has 0 aliphatic heterocycles. The lowest BCUT2D eigenvalue weighted by atomic mass is 9.68. The van der Waals surface area contributed by atoms with Gasteiger partial charge in [0.1, 0.15) is 0 Å². The molecule has 0 aromatic heterocycles. The highest BCUT2D eigenvalue weighted by molar-refractivity contribution is 5.71. The maximum atomic E-state index is 10.9. The number of benzene rings is 1. The summed E-state index contributed by atoms with van der Waals surface area (Å²) in [6.07, 6.45) is 1.24. The van der Waals surface area contributed by atoms with Gasteiger partial charge in [-0.2, -0.15) is 0 Å². The largest absolute Gasteiger partial charge is 0.481 e. The molecule has 98 valence electrons. The summed E-state index contributed by atoms with van der Waals surface area (Å²) in [6.45, 7) is 0. The molecule has 1 aliphatic carbocycles. The second-order valence-corrected chi connectivity index (χ2v) is 5.03. The molecule has 0 bridgehead atoms. The predicted molar refractivity (Wildman–Crippen MR) is 68.0 cm³/mol. The number of hydrogen-bond donors (Lipinski definition) is 3. The first-order valence-corrected chi connectivity index (χ1v) is 6.30. The van der Waals surface area contributed by atoms with Crippen molar-refractivity contribution in [3.05, 3.63) is 35.9 Å². The monoisotopic (exact) mass is 249 g/mol. The van der Waals surface area contributed by atoms with Gasteiger partial charge in [0, 0.05) is 6.04 Å². The van der Waals surface area contributed by atoms with Gasteiger partial charge in [-0.3, -0.25) is 4.79 Å². The number of aliphatic carboxylic acids is 1. The maximum absolute atomic E-state index is 10.9. The van der Waals surface area contributed by atoms with E-state index in [1.165, 1.54) is 0 Å². The second kappa shape index (κ2) is 5.50. The minimum Gasteiger partial charge on any atom is -0.481 e. The molecule has 0 heterocycles. The molecule has 1 aromatic rings. The average Bonchev–Trinajstić information content (AvgIpc) is 2.27. The number of nitrogens with two attached hydrogens (primary N) is 1. The summed E-state index contributed by atoms with van der Waals surface area (Å²) in [5, 5.41) is 19.1. The number of aliphatic hydroxyl groups is 1. The van der Waals surface area contributed by atoms with E-state index in [1.807, 2.05) is 30.3 Å². The van der Waals surface area contributed by atoms with Crippen LogP contribution in [-0.4, -0.2) is 28.3 Å². The Morgan fingerprint density at radius 2 is 2.00 bits per heavy atom. The van der Waals surface area contributed by atoms with Crippen LogP contribution in [0.3, 0.4) is 0 Å². The summed E-state index contributed by atoms with van der Waals surface area (Å²) < 4.78 is 0. The van der Waals surface area contributed by atoms with Crippen LogP contribution in [0.15, 0.2) is 30.3 Å². The van der Waals surface area contributed by atoms with Crippen molar-refractivity contribution in [2.45, 2.75) is 31.4 Å². The molecule has 18 heavy (non-hydrogen) atoms. The standard InChI is InChI=1S/C14H19NO3/c15-12(8-9-4-2-1-3-5-9)13(16)10-6-7-11(10)14(17)18/h1-5,10-13,16H,6-8,15H2,(H,17,18). The molecule has 1 aromatic carbocycles. The van der Waals surface area contributed by atoms with Crippen molar-refractivity contribution in [2.24, 2.45) is 17.6 Å². The molecule has 4 nitrogen and oxygen atoms in total. The van der Waals surface area contributed by atoms with Crippen LogP contribution in [-0.2, 0) is 11.2 Å². The molecular formula is C14H19NO3. The molecule has 0 saturated heterocycles. The van der Waals surface area contributed by atoms with Crippen molar-refractivity contribution in [1.82, 2.24) is 0 Å². The van der Waals surface area contributed by atoms with E-state index in [1.54, 1.807) is 0 Å². The van der Waals surface area contributed by atoms with Crippen LogP contribution in [0.4, 0.5) is 0 Å². The quantitative estimate of drug-likeness (QED) is 0.727. The van der Waals surface area contributed by atoms with Gasteiger partial charge in [0.05, 0.1) is 12.0 Å². The number of carboxylic acids is 1. The summed E-state index contributed by atoms with van der Waals surface area (Å²) in [6, 6.07) is 9.30. The third-order valence-electron chi connectivity index (χ3n) is 3.84. The molecule has 0 radical (unpaired) electrons. The minimum absolute atomic E-state index is 0.193. The Kier molecular flexibility index (Phi) is 3.99. The zero-order valence-electron chi connectivity index (χ0n) is 10.2. The molecule has 4 N–H and O–H groups in total. The number of rotatable bonds is 5. The average molecular weight is 249 g/mol. The molecule has 4 unspecified atom stereocenters. The third-order valence-corrected chi connectivity index (χ3v) is 3.84. The Morgan fingerprint density at radius 1 is 1.33 bits per heavy atom. The summed E-state index contributed by atoms with van der Waals surface area (Å²) in [4.78, 5) is 10.9. The molecule has 1 saturated carbocycles. The molecule has 2 rings (SSSR count). The zero-order valence-corrected chi connectivity index (χ0v) is 10.2. The van der Waals surface area contributed by atoms with E-state index in [2.05, 4.69) is 0 Å². The molecule has 4 atom stereocenters. The SMILES string of the molecule is NC(Cc1ccccc1)C(O)C1CCC1C(=O)O. The van der Waals surface area contributed by atoms with Crippen molar-refractivity contribution >= 4 is 5.97 Å². The van der Waals surface area contributed by atoms with Crippen LogP contribution >= 0.6 is 0 Å². The molecule has 1 aliphatic rings. The van der Waals surface area contributed by atoms with Gasteiger partial charge in [-0.05, 0) is 30.7 Å². The topological polar surface area (TPSA) is 83.5 Å². The Morgan fingerprint density at radius 3 is 2.50 bits per heavy atom. The fraction of sp³-hybridized carbons (Fsp3) is 0.500. The van der Waals surface area contributed by atoms with Gasteiger partial charge in [0.25, 0.3) is 0 Å². The lowest BCUT2D eigenvalue weighted by Crippen LogP contribution is -2.49. The third kappa shape index (κ3) is 2.71. The fourth-order valence-corrected chi connectivity index (χ4v) is 2.57. The van der Waals surface area contributed by atoms with Crippen molar-refractivity contribution in [3.63, 3.8) is 0 Å². The van der Waals surface area contributed by atoms with E-state index in [9.17, 15) is 9.90 Å². The first kappa shape index (κ1) is 13.1. The number of carbonyl (C=O) groups is 1. The van der Waals surface area contributed by atoms with Gasteiger partial charge in [0.2, 0.25) is 0 Å². The van der Waals surface area contributed by atoms with E-state index in [0.29, 0.717) is 12.8 Å². The van der Waals surface area contributed by atoms with E-state index in [0.717, 1.165) is 12.0 Å². The fourth-order valence-electron chi connectivity index (χ4n) is 2.57. The Labute approximate surface area is 106 Å². The smallest absolute Gasteiger partial charge is 0.306 e. The predicted octanol–water partition coefficient (Wildman–Crippen LogP) is 1.03. The van der Waals surface area contributed by atoms with Gasteiger partial charge in [-0.15, -0.1) is 0 Å². The molecule has 0 spiro atoms. The molecule has 4 heteroatoms. The van der Waals surface area contributed by atoms with E-state index >= 15 is 0 Å². The van der Waals surface area contributed by atoms with Crippen LogP contribution in [0.25, 0.3) is 0 Å². The lowest BCUT2D eigenvalue weighted by molar-refractivity contribution is -0.151. The normalized spacial score (nSPS) is 26.1. The molecule has 0 amide bonds. The summed E-state index contributed by atoms with van der Waals surface area (Å²) in [5.41, 5.74) is 7.04. The summed E-state index contributed by atoms with van der Waals surface area (Å²) >= 11 is 0. The van der Waals surface area contributed by atoms with Gasteiger partial charge >= 0.3 is 5.97 Å². The summed E-state index contributed by atoms with van der Waals surface area (Å²) in [5.74, 6) is -1.44. The maximum Gasteiger partial charge on any atom is 0.306 e. The van der Waals surface area contributed by atoms with Crippen LogP contribution < -0.4 is 5.73 Å².